The monoisotopic (exact) mass is 364 g/mol. The topological polar surface area (TPSA) is 95.5 Å². The summed E-state index contributed by atoms with van der Waals surface area (Å²) in [4.78, 5) is 34.6. The second kappa shape index (κ2) is 8.57. The molecule has 1 unspecified atom stereocenters. The molecule has 0 fully saturated rings. The van der Waals surface area contributed by atoms with Crippen LogP contribution >= 0.6 is 11.8 Å². The largest absolute Gasteiger partial charge is 0.480 e. The van der Waals surface area contributed by atoms with Crippen molar-refractivity contribution in [1.29, 1.82) is 0 Å². The fourth-order valence-corrected chi connectivity index (χ4v) is 2.44. The molecule has 0 aliphatic carbocycles. The average molecular weight is 364 g/mol. The van der Waals surface area contributed by atoms with Crippen molar-refractivity contribution < 1.29 is 32.7 Å². The highest BCUT2D eigenvalue weighted by molar-refractivity contribution is 8.00. The number of hydrogen-bond acceptors (Lipinski definition) is 4. The van der Waals surface area contributed by atoms with E-state index in [-0.39, 0.29) is 5.56 Å². The van der Waals surface area contributed by atoms with Crippen LogP contribution in [0.25, 0.3) is 0 Å². The molecular weight excluding hydrogens is 349 g/mol. The van der Waals surface area contributed by atoms with Crippen LogP contribution in [0.15, 0.2) is 29.2 Å². The van der Waals surface area contributed by atoms with Crippen molar-refractivity contribution >= 4 is 29.5 Å². The number of thioether (sulfide) groups is 1. The van der Waals surface area contributed by atoms with Gasteiger partial charge in [-0.15, -0.1) is 11.8 Å². The van der Waals surface area contributed by atoms with Gasteiger partial charge in [-0.05, 0) is 19.1 Å². The first-order chi connectivity index (χ1) is 11.1. The van der Waals surface area contributed by atoms with Gasteiger partial charge in [0.05, 0.1) is 12.1 Å². The zero-order valence-corrected chi connectivity index (χ0v) is 13.3. The van der Waals surface area contributed by atoms with Crippen LogP contribution in [0.2, 0.25) is 0 Å². The van der Waals surface area contributed by atoms with Crippen molar-refractivity contribution in [2.45, 2.75) is 23.2 Å². The third-order valence-corrected chi connectivity index (χ3v) is 3.84. The van der Waals surface area contributed by atoms with Crippen molar-refractivity contribution in [3.05, 3.63) is 29.8 Å². The summed E-state index contributed by atoms with van der Waals surface area (Å²) in [6.07, 6.45) is -4.53. The lowest BCUT2D eigenvalue weighted by molar-refractivity contribution is -0.137. The van der Waals surface area contributed by atoms with E-state index < -0.39 is 42.3 Å². The van der Waals surface area contributed by atoms with Gasteiger partial charge in [0.15, 0.2) is 0 Å². The summed E-state index contributed by atoms with van der Waals surface area (Å²) in [5.41, 5.74) is 0.138. The predicted octanol–water partition coefficient (Wildman–Crippen LogP) is 1.66. The van der Waals surface area contributed by atoms with Gasteiger partial charge in [0.2, 0.25) is 5.91 Å². The second-order valence-electron chi connectivity index (χ2n) is 4.67. The van der Waals surface area contributed by atoms with E-state index in [0.717, 1.165) is 11.8 Å². The quantitative estimate of drug-likeness (QED) is 0.640. The van der Waals surface area contributed by atoms with Crippen molar-refractivity contribution in [3.63, 3.8) is 0 Å². The molecule has 1 aromatic carbocycles. The molecule has 24 heavy (non-hydrogen) atoms. The van der Waals surface area contributed by atoms with Crippen LogP contribution in [0.1, 0.15) is 17.3 Å². The van der Waals surface area contributed by atoms with Crippen molar-refractivity contribution in [3.8, 4) is 0 Å². The Kier molecular flexibility index (Phi) is 7.08. The maximum absolute atomic E-state index is 12.0. The van der Waals surface area contributed by atoms with Gasteiger partial charge in [-0.2, -0.15) is 13.2 Å². The number of alkyl halides is 3. The minimum absolute atomic E-state index is 0.138. The lowest BCUT2D eigenvalue weighted by atomic mass is 10.2. The summed E-state index contributed by atoms with van der Waals surface area (Å²) in [5.74, 6) is -2.72. The molecule has 0 aliphatic heterocycles. The third-order valence-electron chi connectivity index (χ3n) is 2.68. The molecular formula is C14H15F3N2O4S. The summed E-state index contributed by atoms with van der Waals surface area (Å²) >= 11 is 0.945. The highest BCUT2D eigenvalue weighted by Crippen LogP contribution is 2.26. The second-order valence-corrected chi connectivity index (χ2v) is 6.05. The molecule has 0 radical (unpaired) electrons. The highest BCUT2D eigenvalue weighted by atomic mass is 32.2. The SMILES string of the molecule is CC(Sc1ccccc1C(=O)NCC(=O)NCC(F)(F)F)C(=O)O. The number of rotatable bonds is 7. The smallest absolute Gasteiger partial charge is 0.405 e. The molecule has 0 saturated carbocycles. The third kappa shape index (κ3) is 6.90. The Hall–Kier alpha value is -2.23. The molecule has 0 heterocycles. The maximum atomic E-state index is 12.0. The number of aliphatic carboxylic acids is 1. The van der Waals surface area contributed by atoms with E-state index in [1.165, 1.54) is 13.0 Å². The summed E-state index contributed by atoms with van der Waals surface area (Å²) in [7, 11) is 0. The first-order valence-electron chi connectivity index (χ1n) is 6.70. The molecule has 2 amide bonds. The lowest BCUT2D eigenvalue weighted by Gasteiger charge is -2.12. The summed E-state index contributed by atoms with van der Waals surface area (Å²) in [6.45, 7) is -0.654. The first-order valence-corrected chi connectivity index (χ1v) is 7.58. The van der Waals surface area contributed by atoms with Crippen LogP contribution in [0.5, 0.6) is 0 Å². The maximum Gasteiger partial charge on any atom is 0.405 e. The average Bonchev–Trinajstić information content (AvgIpc) is 2.50. The Bertz CT molecular complexity index is 622. The van der Waals surface area contributed by atoms with Gasteiger partial charge in [0.1, 0.15) is 11.8 Å². The predicted molar refractivity (Wildman–Crippen MR) is 80.8 cm³/mol. The van der Waals surface area contributed by atoms with Gasteiger partial charge in [-0.3, -0.25) is 14.4 Å². The molecule has 3 N–H and O–H groups in total. The van der Waals surface area contributed by atoms with Crippen LogP contribution in [-0.4, -0.2) is 47.4 Å². The van der Waals surface area contributed by atoms with Gasteiger partial charge in [-0.1, -0.05) is 12.1 Å². The Morgan fingerprint density at radius 1 is 1.21 bits per heavy atom. The Morgan fingerprint density at radius 3 is 2.42 bits per heavy atom. The molecule has 1 rings (SSSR count). The summed E-state index contributed by atoms with van der Waals surface area (Å²) in [6, 6.07) is 6.14. The van der Waals surface area contributed by atoms with E-state index in [2.05, 4.69) is 5.32 Å². The molecule has 0 bridgehead atoms. The number of nitrogens with one attached hydrogen (secondary N) is 2. The molecule has 1 atom stereocenters. The van der Waals surface area contributed by atoms with Crippen LogP contribution in [-0.2, 0) is 9.59 Å². The number of carbonyl (C=O) groups is 3. The number of halogens is 3. The number of hydrogen-bond donors (Lipinski definition) is 3. The first kappa shape index (κ1) is 19.8. The van der Waals surface area contributed by atoms with Crippen molar-refractivity contribution in [2.75, 3.05) is 13.1 Å². The summed E-state index contributed by atoms with van der Waals surface area (Å²) in [5, 5.41) is 11.9. The van der Waals surface area contributed by atoms with Crippen LogP contribution in [0.4, 0.5) is 13.2 Å². The Labute approximate surface area is 139 Å². The van der Waals surface area contributed by atoms with E-state index in [4.69, 9.17) is 5.11 Å². The number of carbonyl (C=O) groups excluding carboxylic acids is 2. The number of carboxylic acid groups (broad SMARTS) is 1. The Morgan fingerprint density at radius 2 is 1.83 bits per heavy atom. The van der Waals surface area contributed by atoms with Crippen LogP contribution in [0, 0.1) is 0 Å². The standard InChI is InChI=1S/C14H15F3N2O4S/c1-8(13(22)23)24-10-5-3-2-4-9(10)12(21)18-6-11(20)19-7-14(15,16)17/h2-5,8H,6-7H2,1H3,(H,18,21)(H,19,20)(H,22,23). The normalized spacial score (nSPS) is 12.3. The van der Waals surface area contributed by atoms with E-state index in [9.17, 15) is 27.6 Å². The van der Waals surface area contributed by atoms with E-state index in [1.807, 2.05) is 0 Å². The van der Waals surface area contributed by atoms with Gasteiger partial charge in [0.25, 0.3) is 5.91 Å². The molecule has 1 aromatic rings. The van der Waals surface area contributed by atoms with E-state index in [1.54, 1.807) is 23.5 Å². The zero-order valence-electron chi connectivity index (χ0n) is 12.5. The van der Waals surface area contributed by atoms with Gasteiger partial charge in [0, 0.05) is 4.90 Å². The summed E-state index contributed by atoms with van der Waals surface area (Å²) < 4.78 is 35.9. The van der Waals surface area contributed by atoms with E-state index >= 15 is 0 Å². The molecule has 0 aromatic heterocycles. The van der Waals surface area contributed by atoms with Gasteiger partial charge < -0.3 is 15.7 Å². The van der Waals surface area contributed by atoms with E-state index in [0.29, 0.717) is 4.90 Å². The minimum atomic E-state index is -4.53. The lowest BCUT2D eigenvalue weighted by Crippen LogP contribution is -2.41. The number of amides is 2. The number of benzene rings is 1. The van der Waals surface area contributed by atoms with Gasteiger partial charge >= 0.3 is 12.1 Å². The van der Waals surface area contributed by atoms with Crippen LogP contribution < -0.4 is 10.6 Å². The van der Waals surface area contributed by atoms with Crippen molar-refractivity contribution in [2.24, 2.45) is 0 Å². The molecule has 132 valence electrons. The number of carboxylic acids is 1. The fourth-order valence-electron chi connectivity index (χ4n) is 1.51. The fraction of sp³-hybridized carbons (Fsp3) is 0.357. The molecule has 0 spiro atoms. The van der Waals surface area contributed by atoms with Gasteiger partial charge in [-0.25, -0.2) is 0 Å². The van der Waals surface area contributed by atoms with Crippen LogP contribution in [0.3, 0.4) is 0 Å². The minimum Gasteiger partial charge on any atom is -0.480 e. The Balaban J connectivity index is 2.65. The highest BCUT2D eigenvalue weighted by Gasteiger charge is 2.27. The molecule has 0 saturated heterocycles. The zero-order chi connectivity index (χ0) is 18.3. The van der Waals surface area contributed by atoms with Crippen molar-refractivity contribution in [1.82, 2.24) is 10.6 Å². The molecule has 6 nitrogen and oxygen atoms in total. The molecule has 10 heteroatoms. The molecule has 0 aliphatic rings.